The monoisotopic (exact) mass is 360 g/mol. The Morgan fingerprint density at radius 3 is 2.90 bits per heavy atom. The molecule has 1 fully saturated rings. The lowest BCUT2D eigenvalue weighted by atomic mass is 10.1. The molecule has 0 bridgehead atoms. The molecule has 6 nitrogen and oxygen atoms in total. The molecule has 0 radical (unpaired) electrons. The normalized spacial score (nSPS) is 18.4. The number of halogens is 2. The van der Waals surface area contributed by atoms with Gasteiger partial charge in [0.1, 0.15) is 5.82 Å². The van der Waals surface area contributed by atoms with E-state index < -0.39 is 23.7 Å². The zero-order valence-electron chi connectivity index (χ0n) is 11.3. The summed E-state index contributed by atoms with van der Waals surface area (Å²) in [5, 5.41) is 0. The maximum Gasteiger partial charge on any atom is 0.331 e. The van der Waals surface area contributed by atoms with Crippen LogP contribution in [-0.4, -0.2) is 49.7 Å². The van der Waals surface area contributed by atoms with Crippen molar-refractivity contribution in [3.63, 3.8) is 0 Å². The number of methoxy groups -OCH3 is 1. The van der Waals surface area contributed by atoms with Crippen molar-refractivity contribution in [1.29, 1.82) is 0 Å². The van der Waals surface area contributed by atoms with Crippen molar-refractivity contribution < 1.29 is 23.5 Å². The summed E-state index contributed by atoms with van der Waals surface area (Å²) in [6.07, 6.45) is 0. The Hall–Kier alpha value is -1.67. The molecule has 1 aliphatic heterocycles. The molecule has 1 saturated heterocycles. The molecule has 2 rings (SSSR count). The second-order valence-corrected chi connectivity index (χ2v) is 5.32. The highest BCUT2D eigenvalue weighted by Gasteiger charge is 2.35. The number of anilines is 1. The topological polar surface area (TPSA) is 81.9 Å². The van der Waals surface area contributed by atoms with Gasteiger partial charge in [0.25, 0.3) is 5.91 Å². The number of benzene rings is 1. The van der Waals surface area contributed by atoms with Crippen LogP contribution in [0.1, 0.15) is 10.4 Å². The van der Waals surface area contributed by atoms with Crippen LogP contribution in [0, 0.1) is 5.82 Å². The second-order valence-electron chi connectivity index (χ2n) is 4.47. The first-order valence-corrected chi connectivity index (χ1v) is 6.96. The van der Waals surface area contributed by atoms with Crippen molar-refractivity contribution in [3.05, 3.63) is 28.0 Å². The van der Waals surface area contributed by atoms with Gasteiger partial charge in [-0.25, -0.2) is 9.18 Å². The summed E-state index contributed by atoms with van der Waals surface area (Å²) in [7, 11) is 1.24. The highest BCUT2D eigenvalue weighted by Crippen LogP contribution is 2.25. The third kappa shape index (κ3) is 3.16. The minimum absolute atomic E-state index is 0.0622. The Morgan fingerprint density at radius 1 is 1.52 bits per heavy atom. The number of nitrogen functional groups attached to an aromatic ring is 1. The van der Waals surface area contributed by atoms with Crippen LogP contribution in [0.3, 0.4) is 0 Å². The molecule has 8 heteroatoms. The minimum Gasteiger partial charge on any atom is -0.467 e. The summed E-state index contributed by atoms with van der Waals surface area (Å²) in [6, 6.07) is 1.54. The molecular formula is C13H14BrFN2O4. The van der Waals surface area contributed by atoms with E-state index >= 15 is 0 Å². The largest absolute Gasteiger partial charge is 0.467 e. The Kier molecular flexibility index (Phi) is 4.79. The van der Waals surface area contributed by atoms with Crippen LogP contribution in [0.2, 0.25) is 0 Å². The van der Waals surface area contributed by atoms with Crippen LogP contribution in [-0.2, 0) is 14.3 Å². The maximum atomic E-state index is 13.4. The Balaban J connectivity index is 2.33. The summed E-state index contributed by atoms with van der Waals surface area (Å²) in [5.41, 5.74) is 5.54. The van der Waals surface area contributed by atoms with Gasteiger partial charge in [0, 0.05) is 11.0 Å². The fraction of sp³-hybridized carbons (Fsp3) is 0.385. The molecule has 1 aromatic carbocycles. The maximum absolute atomic E-state index is 13.4. The minimum atomic E-state index is -0.825. The van der Waals surface area contributed by atoms with Crippen molar-refractivity contribution >= 4 is 33.5 Å². The molecule has 1 aromatic rings. The van der Waals surface area contributed by atoms with Crippen LogP contribution in [0.5, 0.6) is 0 Å². The number of carbonyl (C=O) groups excluding carboxylic acids is 2. The molecular weight excluding hydrogens is 347 g/mol. The molecule has 1 atom stereocenters. The Labute approximate surface area is 129 Å². The third-order valence-corrected chi connectivity index (χ3v) is 3.84. The first kappa shape index (κ1) is 15.7. The van der Waals surface area contributed by atoms with Gasteiger partial charge in [-0.05, 0) is 28.1 Å². The number of morpholine rings is 1. The van der Waals surface area contributed by atoms with Gasteiger partial charge in [0.05, 0.1) is 31.6 Å². The molecule has 1 heterocycles. The fourth-order valence-electron chi connectivity index (χ4n) is 2.06. The first-order chi connectivity index (χ1) is 9.95. The number of nitrogens with zero attached hydrogens (tertiary/aromatic N) is 1. The van der Waals surface area contributed by atoms with Crippen LogP contribution >= 0.6 is 15.9 Å². The first-order valence-electron chi connectivity index (χ1n) is 6.16. The van der Waals surface area contributed by atoms with E-state index in [2.05, 4.69) is 20.7 Å². The number of hydrogen-bond donors (Lipinski definition) is 1. The number of rotatable bonds is 2. The van der Waals surface area contributed by atoms with Crippen LogP contribution in [0.15, 0.2) is 16.6 Å². The van der Waals surface area contributed by atoms with E-state index in [0.717, 1.165) is 6.07 Å². The molecule has 0 saturated carbocycles. The summed E-state index contributed by atoms with van der Waals surface area (Å²) >= 11 is 3.13. The van der Waals surface area contributed by atoms with E-state index in [-0.39, 0.29) is 28.9 Å². The molecule has 0 spiro atoms. The number of carbonyl (C=O) groups is 2. The lowest BCUT2D eigenvalue weighted by Gasteiger charge is -2.33. The van der Waals surface area contributed by atoms with Crippen molar-refractivity contribution in [2.24, 2.45) is 0 Å². The standard InChI is InChI=1S/C13H14BrFN2O4/c1-20-13(19)11-6-21-3-2-17(11)12(18)7-4-10(16)9(15)5-8(7)14/h4-5,11H,2-3,6,16H2,1H3. The van der Waals surface area contributed by atoms with E-state index in [1.165, 1.54) is 18.1 Å². The SMILES string of the molecule is COC(=O)C1COCCN1C(=O)c1cc(N)c(F)cc1Br. The number of nitrogens with two attached hydrogens (primary N) is 1. The number of hydrogen-bond acceptors (Lipinski definition) is 5. The average Bonchev–Trinajstić information content (AvgIpc) is 2.49. The smallest absolute Gasteiger partial charge is 0.331 e. The van der Waals surface area contributed by atoms with Gasteiger partial charge in [-0.3, -0.25) is 4.79 Å². The summed E-state index contributed by atoms with van der Waals surface area (Å²) in [5.74, 6) is -1.62. The third-order valence-electron chi connectivity index (χ3n) is 3.18. The molecule has 21 heavy (non-hydrogen) atoms. The number of amides is 1. The fourth-order valence-corrected chi connectivity index (χ4v) is 2.55. The molecule has 1 unspecified atom stereocenters. The van der Waals surface area contributed by atoms with E-state index in [9.17, 15) is 14.0 Å². The van der Waals surface area contributed by atoms with Crippen molar-refractivity contribution in [3.8, 4) is 0 Å². The molecule has 1 aliphatic rings. The van der Waals surface area contributed by atoms with E-state index in [1.54, 1.807) is 0 Å². The van der Waals surface area contributed by atoms with Crippen molar-refractivity contribution in [2.75, 3.05) is 32.6 Å². The summed E-state index contributed by atoms with van der Waals surface area (Å²) in [4.78, 5) is 25.6. The van der Waals surface area contributed by atoms with Crippen LogP contribution in [0.4, 0.5) is 10.1 Å². The summed E-state index contributed by atoms with van der Waals surface area (Å²) < 4.78 is 23.5. The van der Waals surface area contributed by atoms with Gasteiger partial charge < -0.3 is 20.1 Å². The van der Waals surface area contributed by atoms with E-state index in [1.807, 2.05) is 0 Å². The van der Waals surface area contributed by atoms with E-state index in [0.29, 0.717) is 6.61 Å². The van der Waals surface area contributed by atoms with Gasteiger partial charge in [-0.15, -0.1) is 0 Å². The van der Waals surface area contributed by atoms with Gasteiger partial charge in [-0.1, -0.05) is 0 Å². The van der Waals surface area contributed by atoms with E-state index in [4.69, 9.17) is 10.5 Å². The lowest BCUT2D eigenvalue weighted by Crippen LogP contribution is -2.53. The van der Waals surface area contributed by atoms with Gasteiger partial charge in [-0.2, -0.15) is 0 Å². The Morgan fingerprint density at radius 2 is 2.24 bits per heavy atom. The van der Waals surface area contributed by atoms with Gasteiger partial charge in [0.15, 0.2) is 6.04 Å². The summed E-state index contributed by atoms with van der Waals surface area (Å²) in [6.45, 7) is 0.614. The van der Waals surface area contributed by atoms with Crippen LogP contribution in [0.25, 0.3) is 0 Å². The Bertz CT molecular complexity index is 582. The number of esters is 1. The highest BCUT2D eigenvalue weighted by molar-refractivity contribution is 9.10. The van der Waals surface area contributed by atoms with Gasteiger partial charge >= 0.3 is 5.97 Å². The number of ether oxygens (including phenoxy) is 2. The zero-order chi connectivity index (χ0) is 15.6. The molecule has 1 amide bonds. The predicted octanol–water partition coefficient (Wildman–Crippen LogP) is 1.18. The van der Waals surface area contributed by atoms with Gasteiger partial charge in [0.2, 0.25) is 0 Å². The van der Waals surface area contributed by atoms with Crippen molar-refractivity contribution in [1.82, 2.24) is 4.90 Å². The van der Waals surface area contributed by atoms with Crippen LogP contribution < -0.4 is 5.73 Å². The highest BCUT2D eigenvalue weighted by atomic mass is 79.9. The average molecular weight is 361 g/mol. The predicted molar refractivity (Wildman–Crippen MR) is 76.2 cm³/mol. The molecule has 114 valence electrons. The molecule has 0 aliphatic carbocycles. The lowest BCUT2D eigenvalue weighted by molar-refractivity contribution is -0.151. The molecule has 0 aromatic heterocycles. The second kappa shape index (κ2) is 6.40. The quantitative estimate of drug-likeness (QED) is 0.632. The van der Waals surface area contributed by atoms with Crippen molar-refractivity contribution in [2.45, 2.75) is 6.04 Å². The molecule has 2 N–H and O–H groups in total. The zero-order valence-corrected chi connectivity index (χ0v) is 12.9.